The molecule has 0 aliphatic heterocycles. The van der Waals surface area contributed by atoms with E-state index < -0.39 is 8.07 Å². The Bertz CT molecular complexity index is 643. The first-order chi connectivity index (χ1) is 9.76. The fourth-order valence-electron chi connectivity index (χ4n) is 1.12. The summed E-state index contributed by atoms with van der Waals surface area (Å²) >= 11 is 13.4. The van der Waals surface area contributed by atoms with Crippen molar-refractivity contribution in [2.24, 2.45) is 0 Å². The van der Waals surface area contributed by atoms with Gasteiger partial charge in [0.1, 0.15) is 18.4 Å². The molecule has 0 N–H and O–H groups in total. The second-order valence-electron chi connectivity index (χ2n) is 5.16. The molecule has 6 heteroatoms. The summed E-state index contributed by atoms with van der Waals surface area (Å²) in [7, 11) is -1.28. The molecule has 21 heavy (non-hydrogen) atoms. The highest BCUT2D eigenvalue weighted by atomic mass is 127. The van der Waals surface area contributed by atoms with Gasteiger partial charge in [-0.3, -0.25) is 0 Å². The van der Waals surface area contributed by atoms with Crippen LogP contribution >= 0.6 is 45.8 Å². The molecular weight excluding hydrogens is 434 g/mol. The van der Waals surface area contributed by atoms with E-state index in [1.54, 1.807) is 18.5 Å². The Hall–Kier alpha value is -0.613. The number of pyridine rings is 2. The fourth-order valence-corrected chi connectivity index (χ4v) is 2.63. The van der Waals surface area contributed by atoms with Crippen molar-refractivity contribution in [1.82, 2.24) is 9.97 Å². The van der Waals surface area contributed by atoms with Crippen molar-refractivity contribution < 1.29 is 0 Å². The van der Waals surface area contributed by atoms with Crippen LogP contribution in [0.3, 0.4) is 0 Å². The average molecular weight is 449 g/mol. The molecule has 2 aromatic heterocycles. The molecule has 0 fully saturated rings. The minimum atomic E-state index is -1.28. The zero-order chi connectivity index (χ0) is 15.9. The Labute approximate surface area is 150 Å². The minimum absolute atomic E-state index is 0.502. The van der Waals surface area contributed by atoms with Crippen LogP contribution in [0.2, 0.25) is 29.9 Å². The van der Waals surface area contributed by atoms with Gasteiger partial charge in [0.15, 0.2) is 0 Å². The first kappa shape index (κ1) is 18.4. The van der Waals surface area contributed by atoms with Gasteiger partial charge in [-0.15, -0.1) is 5.54 Å². The molecular formula is C15H15Cl2IN2Si. The Morgan fingerprint density at radius 2 is 1.57 bits per heavy atom. The molecule has 0 atom stereocenters. The van der Waals surface area contributed by atoms with Crippen LogP contribution in [0.4, 0.5) is 0 Å². The molecule has 2 aromatic rings. The number of hydrogen-bond donors (Lipinski definition) is 0. The highest BCUT2D eigenvalue weighted by Gasteiger charge is 2.07. The first-order valence-electron chi connectivity index (χ1n) is 6.18. The molecule has 0 saturated carbocycles. The van der Waals surface area contributed by atoms with Gasteiger partial charge in [0.2, 0.25) is 0 Å². The summed E-state index contributed by atoms with van der Waals surface area (Å²) in [5.74, 6) is 3.11. The van der Waals surface area contributed by atoms with Crippen LogP contribution < -0.4 is 0 Å². The van der Waals surface area contributed by atoms with Crippen molar-refractivity contribution in [1.29, 1.82) is 0 Å². The van der Waals surface area contributed by atoms with Crippen LogP contribution in [0.15, 0.2) is 36.7 Å². The maximum absolute atomic E-state index is 5.73. The summed E-state index contributed by atoms with van der Waals surface area (Å²) in [6.07, 6.45) is 3.36. The molecule has 0 unspecified atom stereocenters. The summed E-state index contributed by atoms with van der Waals surface area (Å²) < 4.78 is 1.11. The number of nitrogens with zero attached hydrogens (tertiary/aromatic N) is 2. The van der Waals surface area contributed by atoms with E-state index in [1.807, 2.05) is 18.2 Å². The summed E-state index contributed by atoms with van der Waals surface area (Å²) in [5, 5.41) is 1.05. The highest BCUT2D eigenvalue weighted by Crippen LogP contribution is 2.08. The first-order valence-corrected chi connectivity index (χ1v) is 11.5. The van der Waals surface area contributed by atoms with Crippen molar-refractivity contribution in [3.8, 4) is 11.5 Å². The number of hydrogen-bond acceptors (Lipinski definition) is 2. The van der Waals surface area contributed by atoms with E-state index in [-0.39, 0.29) is 0 Å². The predicted octanol–water partition coefficient (Wildman–Crippen LogP) is 5.30. The van der Waals surface area contributed by atoms with E-state index in [0.29, 0.717) is 10.3 Å². The zero-order valence-corrected chi connectivity index (χ0v) is 16.7. The van der Waals surface area contributed by atoms with Crippen LogP contribution in [0.1, 0.15) is 5.56 Å². The molecule has 0 radical (unpaired) electrons. The predicted molar refractivity (Wildman–Crippen MR) is 101 cm³/mol. The maximum atomic E-state index is 5.73. The molecule has 0 amide bonds. The van der Waals surface area contributed by atoms with Crippen LogP contribution in [-0.4, -0.2) is 18.0 Å². The summed E-state index contributed by atoms with van der Waals surface area (Å²) in [5.41, 5.74) is 4.21. The molecule has 2 rings (SSSR count). The number of aromatic nitrogens is 2. The quantitative estimate of drug-likeness (QED) is 0.236. The van der Waals surface area contributed by atoms with E-state index in [9.17, 15) is 0 Å². The number of halogens is 3. The topological polar surface area (TPSA) is 25.8 Å². The molecule has 0 saturated heterocycles. The van der Waals surface area contributed by atoms with E-state index in [0.717, 1.165) is 9.13 Å². The highest BCUT2D eigenvalue weighted by molar-refractivity contribution is 14.1. The van der Waals surface area contributed by atoms with Crippen LogP contribution in [0.5, 0.6) is 0 Å². The number of rotatable bonds is 0. The molecule has 0 aliphatic carbocycles. The smallest absolute Gasteiger partial charge is 0.130 e. The maximum Gasteiger partial charge on any atom is 0.130 e. The molecule has 110 valence electrons. The molecule has 2 nitrogen and oxygen atoms in total. The molecule has 2 heterocycles. The summed E-state index contributed by atoms with van der Waals surface area (Å²) in [4.78, 5) is 7.69. The SMILES string of the molecule is C[Si](C)(C)C#Cc1ccnc(Cl)c1.Clc1cc(I)ccn1. The summed E-state index contributed by atoms with van der Waals surface area (Å²) in [6, 6.07) is 7.36. The van der Waals surface area contributed by atoms with Crippen molar-refractivity contribution in [3.05, 3.63) is 56.1 Å². The third kappa shape index (κ3) is 9.09. The van der Waals surface area contributed by atoms with Gasteiger partial charge in [-0.25, -0.2) is 9.97 Å². The second-order valence-corrected chi connectivity index (χ2v) is 11.9. The Balaban J connectivity index is 0.000000235. The third-order valence-electron chi connectivity index (χ3n) is 2.00. The van der Waals surface area contributed by atoms with Crippen molar-refractivity contribution in [3.63, 3.8) is 0 Å². The van der Waals surface area contributed by atoms with Crippen LogP contribution in [0, 0.1) is 15.0 Å². The lowest BCUT2D eigenvalue weighted by Gasteiger charge is -2.03. The van der Waals surface area contributed by atoms with Gasteiger partial charge in [-0.2, -0.15) is 0 Å². The van der Waals surface area contributed by atoms with E-state index >= 15 is 0 Å². The van der Waals surface area contributed by atoms with Gasteiger partial charge in [0.25, 0.3) is 0 Å². The lowest BCUT2D eigenvalue weighted by Crippen LogP contribution is -2.16. The van der Waals surface area contributed by atoms with E-state index in [4.69, 9.17) is 23.2 Å². The van der Waals surface area contributed by atoms with Crippen molar-refractivity contribution in [2.45, 2.75) is 19.6 Å². The lowest BCUT2D eigenvalue weighted by molar-refractivity contribution is 1.32. The Morgan fingerprint density at radius 3 is 2.00 bits per heavy atom. The van der Waals surface area contributed by atoms with Crippen LogP contribution in [-0.2, 0) is 0 Å². The summed E-state index contributed by atoms with van der Waals surface area (Å²) in [6.45, 7) is 6.63. The molecule has 0 aliphatic rings. The largest absolute Gasteiger partial charge is 0.245 e. The van der Waals surface area contributed by atoms with Gasteiger partial charge in [-0.05, 0) is 46.9 Å². The van der Waals surface area contributed by atoms with Crippen LogP contribution in [0.25, 0.3) is 0 Å². The lowest BCUT2D eigenvalue weighted by atomic mass is 10.3. The Morgan fingerprint density at radius 1 is 1.00 bits per heavy atom. The van der Waals surface area contributed by atoms with E-state index in [1.165, 1.54) is 0 Å². The molecule has 0 aromatic carbocycles. The zero-order valence-electron chi connectivity index (χ0n) is 12.0. The average Bonchev–Trinajstić information content (AvgIpc) is 2.36. The van der Waals surface area contributed by atoms with Gasteiger partial charge < -0.3 is 0 Å². The van der Waals surface area contributed by atoms with Crippen molar-refractivity contribution >= 4 is 53.9 Å². The van der Waals surface area contributed by atoms with E-state index in [2.05, 4.69) is 63.7 Å². The standard InChI is InChI=1S/C10H12ClNSi.C5H3ClIN/c1-13(2,3)7-5-9-4-6-12-10(11)8-9;6-5-3-4(7)1-2-8-5/h4,6,8H,1-3H3;1-3H. The molecule has 0 bridgehead atoms. The van der Waals surface area contributed by atoms with Gasteiger partial charge in [0.05, 0.1) is 0 Å². The van der Waals surface area contributed by atoms with Gasteiger partial charge in [-0.1, -0.05) is 48.8 Å². The normalized spacial score (nSPS) is 10.0. The molecule has 0 spiro atoms. The fraction of sp³-hybridized carbons (Fsp3) is 0.200. The minimum Gasteiger partial charge on any atom is -0.245 e. The Kier molecular flexibility index (Phi) is 7.67. The monoisotopic (exact) mass is 448 g/mol. The van der Waals surface area contributed by atoms with Gasteiger partial charge in [0, 0.05) is 21.5 Å². The van der Waals surface area contributed by atoms with Gasteiger partial charge >= 0.3 is 0 Å². The van der Waals surface area contributed by atoms with Crippen molar-refractivity contribution in [2.75, 3.05) is 0 Å². The third-order valence-corrected chi connectivity index (χ3v) is 3.96. The second kappa shape index (κ2) is 8.74.